The molecule has 2 saturated heterocycles. The summed E-state index contributed by atoms with van der Waals surface area (Å²) in [5.41, 5.74) is 4.28. The van der Waals surface area contributed by atoms with Crippen LogP contribution in [0.25, 0.3) is 0 Å². The molecule has 2 fully saturated rings. The molecule has 0 bridgehead atoms. The number of benzene rings is 2. The second-order valence-corrected chi connectivity index (χ2v) is 9.38. The van der Waals surface area contributed by atoms with Gasteiger partial charge in [-0.2, -0.15) is 0 Å². The summed E-state index contributed by atoms with van der Waals surface area (Å²) in [7, 11) is 0. The predicted molar refractivity (Wildman–Crippen MR) is 135 cm³/mol. The number of aryl methyl sites for hydroxylation is 1. The molecule has 0 radical (unpaired) electrons. The standard InChI is InChI=1S/C27H36N4O2/c1-3-21-7-9-22(10-8-21)28-27(33)29-23-11-12-25(30-17-13-20(2)14-18-30)24(19-23)26(32)31-15-5-4-6-16-31/h7-12,19-20H,3-6,13-18H2,1-2H3,(H2,28,29,33). The minimum absolute atomic E-state index is 0.0718. The molecular weight excluding hydrogens is 412 g/mol. The number of nitrogens with zero attached hydrogens (tertiary/aromatic N) is 2. The van der Waals surface area contributed by atoms with Crippen molar-refractivity contribution in [1.82, 2.24) is 4.90 Å². The first kappa shape index (κ1) is 23.1. The maximum Gasteiger partial charge on any atom is 0.323 e. The van der Waals surface area contributed by atoms with Gasteiger partial charge in [0.25, 0.3) is 5.91 Å². The van der Waals surface area contributed by atoms with Crippen molar-refractivity contribution in [2.75, 3.05) is 41.7 Å². The molecule has 0 unspecified atom stereocenters. The quantitative estimate of drug-likeness (QED) is 0.612. The van der Waals surface area contributed by atoms with Crippen LogP contribution in [0.5, 0.6) is 0 Å². The highest BCUT2D eigenvalue weighted by Crippen LogP contribution is 2.30. The largest absolute Gasteiger partial charge is 0.371 e. The Kier molecular flexibility index (Phi) is 7.53. The molecule has 0 spiro atoms. The zero-order valence-corrected chi connectivity index (χ0v) is 19.9. The van der Waals surface area contributed by atoms with Crippen molar-refractivity contribution in [3.63, 3.8) is 0 Å². The summed E-state index contributed by atoms with van der Waals surface area (Å²) in [6.07, 6.45) is 6.52. The molecule has 0 atom stereocenters. The molecule has 2 aromatic carbocycles. The Hall–Kier alpha value is -3.02. The van der Waals surface area contributed by atoms with E-state index < -0.39 is 0 Å². The van der Waals surface area contributed by atoms with Gasteiger partial charge < -0.3 is 20.4 Å². The second-order valence-electron chi connectivity index (χ2n) is 9.38. The number of anilines is 3. The molecule has 0 aromatic heterocycles. The lowest BCUT2D eigenvalue weighted by atomic mass is 9.97. The molecule has 2 heterocycles. The Morgan fingerprint density at radius 3 is 2.18 bits per heavy atom. The lowest BCUT2D eigenvalue weighted by Gasteiger charge is -2.35. The minimum atomic E-state index is -0.310. The van der Waals surface area contributed by atoms with Gasteiger partial charge in [0.05, 0.1) is 5.56 Å². The van der Waals surface area contributed by atoms with Crippen LogP contribution in [0, 0.1) is 5.92 Å². The molecule has 2 N–H and O–H groups in total. The van der Waals surface area contributed by atoms with Crippen LogP contribution in [-0.2, 0) is 6.42 Å². The Morgan fingerprint density at radius 2 is 1.52 bits per heavy atom. The SMILES string of the molecule is CCc1ccc(NC(=O)Nc2ccc(N3CCC(C)CC3)c(C(=O)N3CCCCC3)c2)cc1. The van der Waals surface area contributed by atoms with E-state index in [9.17, 15) is 9.59 Å². The van der Waals surface area contributed by atoms with E-state index in [1.54, 1.807) is 0 Å². The Balaban J connectivity index is 1.52. The Morgan fingerprint density at radius 1 is 0.879 bits per heavy atom. The molecule has 176 valence electrons. The second kappa shape index (κ2) is 10.7. The number of carbonyl (C=O) groups excluding carboxylic acids is 2. The maximum absolute atomic E-state index is 13.5. The van der Waals surface area contributed by atoms with E-state index in [1.807, 2.05) is 47.4 Å². The topological polar surface area (TPSA) is 64.7 Å². The molecule has 0 saturated carbocycles. The van der Waals surface area contributed by atoms with Crippen molar-refractivity contribution in [2.24, 2.45) is 5.92 Å². The summed E-state index contributed by atoms with van der Waals surface area (Å²) in [5, 5.41) is 5.80. The first-order valence-electron chi connectivity index (χ1n) is 12.4. The summed E-state index contributed by atoms with van der Waals surface area (Å²) in [5.74, 6) is 0.793. The number of hydrogen-bond acceptors (Lipinski definition) is 3. The van der Waals surface area contributed by atoms with Crippen LogP contribution in [0.1, 0.15) is 61.9 Å². The van der Waals surface area contributed by atoms with Crippen molar-refractivity contribution in [3.05, 3.63) is 53.6 Å². The third-order valence-electron chi connectivity index (χ3n) is 6.87. The third kappa shape index (κ3) is 5.86. The number of urea groups is 1. The van der Waals surface area contributed by atoms with Gasteiger partial charge >= 0.3 is 6.03 Å². The number of rotatable bonds is 5. The fourth-order valence-corrected chi connectivity index (χ4v) is 4.69. The highest BCUT2D eigenvalue weighted by Gasteiger charge is 2.25. The first-order chi connectivity index (χ1) is 16.0. The monoisotopic (exact) mass is 448 g/mol. The molecule has 2 aliphatic heterocycles. The van der Waals surface area contributed by atoms with Gasteiger partial charge in [0, 0.05) is 43.2 Å². The molecule has 2 aromatic rings. The van der Waals surface area contributed by atoms with Crippen LogP contribution in [0.15, 0.2) is 42.5 Å². The fraction of sp³-hybridized carbons (Fsp3) is 0.481. The summed E-state index contributed by atoms with van der Waals surface area (Å²) < 4.78 is 0. The zero-order valence-electron chi connectivity index (χ0n) is 19.9. The highest BCUT2D eigenvalue weighted by molar-refractivity contribution is 6.04. The predicted octanol–water partition coefficient (Wildman–Crippen LogP) is 5.76. The van der Waals surface area contributed by atoms with Crippen LogP contribution in [0.3, 0.4) is 0 Å². The number of nitrogens with one attached hydrogen (secondary N) is 2. The lowest BCUT2D eigenvalue weighted by Crippen LogP contribution is -2.38. The van der Waals surface area contributed by atoms with E-state index in [0.717, 1.165) is 75.6 Å². The van der Waals surface area contributed by atoms with Gasteiger partial charge in [-0.15, -0.1) is 0 Å². The van der Waals surface area contributed by atoms with E-state index in [4.69, 9.17) is 0 Å². The number of carbonyl (C=O) groups is 2. The maximum atomic E-state index is 13.5. The Labute approximate surface area is 197 Å². The summed E-state index contributed by atoms with van der Waals surface area (Å²) in [4.78, 5) is 30.4. The van der Waals surface area contributed by atoms with Crippen LogP contribution in [0.4, 0.5) is 21.9 Å². The molecule has 3 amide bonds. The highest BCUT2D eigenvalue weighted by atomic mass is 16.2. The number of likely N-dealkylation sites (tertiary alicyclic amines) is 1. The number of amides is 3. The lowest BCUT2D eigenvalue weighted by molar-refractivity contribution is 0.0725. The van der Waals surface area contributed by atoms with Crippen molar-refractivity contribution >= 4 is 29.0 Å². The number of piperidine rings is 2. The van der Waals surface area contributed by atoms with Crippen molar-refractivity contribution in [1.29, 1.82) is 0 Å². The van der Waals surface area contributed by atoms with Gasteiger partial charge in [0.1, 0.15) is 0 Å². The molecule has 6 nitrogen and oxygen atoms in total. The van der Waals surface area contributed by atoms with E-state index in [2.05, 4.69) is 29.4 Å². The average Bonchev–Trinajstić information content (AvgIpc) is 2.85. The molecule has 4 rings (SSSR count). The molecule has 6 heteroatoms. The summed E-state index contributed by atoms with van der Waals surface area (Å²) in [6.45, 7) is 7.93. The van der Waals surface area contributed by atoms with Crippen LogP contribution in [-0.4, -0.2) is 43.0 Å². The average molecular weight is 449 g/mol. The van der Waals surface area contributed by atoms with Crippen LogP contribution >= 0.6 is 0 Å². The smallest absolute Gasteiger partial charge is 0.323 e. The molecular formula is C27H36N4O2. The van der Waals surface area contributed by atoms with E-state index in [1.165, 1.54) is 12.0 Å². The zero-order chi connectivity index (χ0) is 23.2. The van der Waals surface area contributed by atoms with Gasteiger partial charge in [0.2, 0.25) is 0 Å². The fourth-order valence-electron chi connectivity index (χ4n) is 4.69. The van der Waals surface area contributed by atoms with E-state index in [-0.39, 0.29) is 11.9 Å². The van der Waals surface area contributed by atoms with Crippen molar-refractivity contribution in [3.8, 4) is 0 Å². The molecule has 33 heavy (non-hydrogen) atoms. The van der Waals surface area contributed by atoms with Crippen molar-refractivity contribution in [2.45, 2.75) is 52.4 Å². The third-order valence-corrected chi connectivity index (χ3v) is 6.87. The van der Waals surface area contributed by atoms with Crippen molar-refractivity contribution < 1.29 is 9.59 Å². The van der Waals surface area contributed by atoms with Gasteiger partial charge in [0.15, 0.2) is 0 Å². The Bertz CT molecular complexity index is 959. The van der Waals surface area contributed by atoms with Crippen LogP contribution in [0.2, 0.25) is 0 Å². The van der Waals surface area contributed by atoms with E-state index >= 15 is 0 Å². The summed E-state index contributed by atoms with van der Waals surface area (Å²) in [6, 6.07) is 13.3. The van der Waals surface area contributed by atoms with Gasteiger partial charge in [-0.3, -0.25) is 4.79 Å². The van der Waals surface area contributed by atoms with Gasteiger partial charge in [-0.1, -0.05) is 26.0 Å². The van der Waals surface area contributed by atoms with Gasteiger partial charge in [-0.05, 0) is 80.3 Å². The number of hydrogen-bond donors (Lipinski definition) is 2. The summed E-state index contributed by atoms with van der Waals surface area (Å²) >= 11 is 0. The molecule has 2 aliphatic rings. The van der Waals surface area contributed by atoms with E-state index in [0.29, 0.717) is 11.3 Å². The van der Waals surface area contributed by atoms with Gasteiger partial charge in [-0.25, -0.2) is 4.79 Å². The normalized spacial score (nSPS) is 17.0. The van der Waals surface area contributed by atoms with Crippen LogP contribution < -0.4 is 15.5 Å². The molecule has 0 aliphatic carbocycles. The minimum Gasteiger partial charge on any atom is -0.371 e. The first-order valence-corrected chi connectivity index (χ1v) is 12.4.